The second-order valence-electron chi connectivity index (χ2n) is 5.95. The van der Waals surface area contributed by atoms with Crippen molar-refractivity contribution in [3.8, 4) is 0 Å². The average molecular weight is 379 g/mol. The number of alkyl halides is 3. The molecule has 0 radical (unpaired) electrons. The first-order valence-electron chi connectivity index (χ1n) is 7.70. The highest BCUT2D eigenvalue weighted by atomic mass is 19.4. The molecule has 2 aromatic carbocycles. The number of aromatic nitrogens is 2. The van der Waals surface area contributed by atoms with E-state index in [1.807, 2.05) is 0 Å². The highest BCUT2D eigenvalue weighted by molar-refractivity contribution is 6.09. The van der Waals surface area contributed by atoms with Gasteiger partial charge in [0.2, 0.25) is 0 Å². The van der Waals surface area contributed by atoms with Crippen LogP contribution in [-0.2, 0) is 6.18 Å². The molecule has 0 aliphatic carbocycles. The number of amides is 1. The average Bonchev–Trinajstić information content (AvgIpc) is 3.18. The molecule has 27 heavy (non-hydrogen) atoms. The number of fused-ring (bicyclic) bond motifs is 2. The highest BCUT2D eigenvalue weighted by Crippen LogP contribution is 2.32. The second-order valence-corrected chi connectivity index (χ2v) is 5.95. The van der Waals surface area contributed by atoms with Gasteiger partial charge in [0.05, 0.1) is 16.8 Å². The Kier molecular flexibility index (Phi) is 3.69. The van der Waals surface area contributed by atoms with Crippen molar-refractivity contribution >= 4 is 33.4 Å². The molecule has 0 fully saturated rings. The van der Waals surface area contributed by atoms with Crippen LogP contribution >= 0.6 is 0 Å². The molecule has 4 aromatic rings. The predicted molar refractivity (Wildman–Crippen MR) is 89.5 cm³/mol. The van der Waals surface area contributed by atoms with Gasteiger partial charge in [-0.25, -0.2) is 8.78 Å². The van der Waals surface area contributed by atoms with Crippen LogP contribution < -0.4 is 5.32 Å². The zero-order valence-electron chi connectivity index (χ0n) is 13.3. The van der Waals surface area contributed by atoms with E-state index < -0.39 is 29.3 Å². The first-order valence-corrected chi connectivity index (χ1v) is 7.70. The maximum absolute atomic E-state index is 13.4. The summed E-state index contributed by atoms with van der Waals surface area (Å²) in [5.74, 6) is -2.73. The van der Waals surface area contributed by atoms with Gasteiger partial charge in [-0.2, -0.15) is 13.2 Å². The van der Waals surface area contributed by atoms with E-state index in [4.69, 9.17) is 0 Å². The monoisotopic (exact) mass is 379 g/mol. The second kappa shape index (κ2) is 5.83. The molecule has 0 spiro atoms. The Morgan fingerprint density at radius 3 is 2.44 bits per heavy atom. The van der Waals surface area contributed by atoms with Crippen molar-refractivity contribution in [2.45, 2.75) is 6.18 Å². The molecular formula is C18H10F5N3O. The molecule has 3 N–H and O–H groups in total. The van der Waals surface area contributed by atoms with Crippen LogP contribution in [0.5, 0.6) is 0 Å². The van der Waals surface area contributed by atoms with Crippen LogP contribution in [0.25, 0.3) is 21.8 Å². The van der Waals surface area contributed by atoms with Crippen LogP contribution in [0.4, 0.5) is 27.6 Å². The minimum absolute atomic E-state index is 0.0289. The maximum Gasteiger partial charge on any atom is 0.416 e. The molecule has 0 bridgehead atoms. The molecule has 0 unspecified atom stereocenters. The largest absolute Gasteiger partial charge is 0.416 e. The summed E-state index contributed by atoms with van der Waals surface area (Å²) in [6.07, 6.45) is -3.13. The summed E-state index contributed by atoms with van der Waals surface area (Å²) in [7, 11) is 0. The number of aromatic amines is 2. The number of nitrogens with one attached hydrogen (secondary N) is 3. The zero-order chi connectivity index (χ0) is 19.3. The molecular weight excluding hydrogens is 369 g/mol. The summed E-state index contributed by atoms with van der Waals surface area (Å²) in [6, 6.07) is 6.40. The Labute approximate surface area is 148 Å². The summed E-state index contributed by atoms with van der Waals surface area (Å²) in [5.41, 5.74) is -0.152. The van der Waals surface area contributed by atoms with Crippen LogP contribution in [0.15, 0.2) is 42.6 Å². The Morgan fingerprint density at radius 1 is 0.963 bits per heavy atom. The van der Waals surface area contributed by atoms with E-state index in [0.29, 0.717) is 5.39 Å². The van der Waals surface area contributed by atoms with Crippen molar-refractivity contribution in [3.05, 3.63) is 65.5 Å². The smallest absolute Gasteiger partial charge is 0.359 e. The Morgan fingerprint density at radius 2 is 1.70 bits per heavy atom. The van der Waals surface area contributed by atoms with Gasteiger partial charge in [-0.05, 0) is 24.3 Å². The van der Waals surface area contributed by atoms with E-state index in [9.17, 15) is 26.7 Å². The summed E-state index contributed by atoms with van der Waals surface area (Å²) in [5, 5.41) is 3.21. The summed E-state index contributed by atoms with van der Waals surface area (Å²) in [4.78, 5) is 17.8. The Bertz CT molecular complexity index is 1190. The fourth-order valence-electron chi connectivity index (χ4n) is 2.84. The molecule has 0 aliphatic rings. The summed E-state index contributed by atoms with van der Waals surface area (Å²) in [6.45, 7) is 0. The van der Waals surface area contributed by atoms with Crippen molar-refractivity contribution in [2.24, 2.45) is 0 Å². The molecule has 0 saturated carbocycles. The lowest BCUT2D eigenvalue weighted by Crippen LogP contribution is -2.11. The molecule has 0 atom stereocenters. The van der Waals surface area contributed by atoms with Gasteiger partial charge in [0.25, 0.3) is 5.91 Å². The lowest BCUT2D eigenvalue weighted by atomic mass is 10.1. The Balaban J connectivity index is 1.66. The number of anilines is 1. The van der Waals surface area contributed by atoms with Crippen molar-refractivity contribution in [1.29, 1.82) is 0 Å². The van der Waals surface area contributed by atoms with Crippen LogP contribution in [0.2, 0.25) is 0 Å². The van der Waals surface area contributed by atoms with E-state index in [1.54, 1.807) is 0 Å². The van der Waals surface area contributed by atoms with E-state index in [2.05, 4.69) is 15.3 Å². The fourth-order valence-corrected chi connectivity index (χ4v) is 2.84. The number of carbonyl (C=O) groups excluding carboxylic acids is 1. The number of hydrogen-bond donors (Lipinski definition) is 3. The third-order valence-corrected chi connectivity index (χ3v) is 4.17. The normalized spacial score (nSPS) is 12.0. The highest BCUT2D eigenvalue weighted by Gasteiger charge is 2.30. The number of rotatable bonds is 2. The summed E-state index contributed by atoms with van der Waals surface area (Å²) < 4.78 is 65.1. The van der Waals surface area contributed by atoms with Gasteiger partial charge in [0.1, 0.15) is 5.69 Å². The molecule has 4 nitrogen and oxygen atoms in total. The van der Waals surface area contributed by atoms with Crippen LogP contribution in [-0.4, -0.2) is 15.9 Å². The minimum Gasteiger partial charge on any atom is -0.359 e. The number of benzene rings is 2. The first-order chi connectivity index (χ1) is 12.7. The van der Waals surface area contributed by atoms with Gasteiger partial charge >= 0.3 is 6.18 Å². The standard InChI is InChI=1S/C18H10F5N3O/c19-11-5-10-14(6-12(11)20)24-7-16(10)26-17(27)15-3-8-1-2-9(18(21,22)23)4-13(8)25-15/h1-7,24-25H,(H,26,27). The fraction of sp³-hybridized carbons (Fsp3) is 0.0556. The van der Waals surface area contributed by atoms with E-state index >= 15 is 0 Å². The van der Waals surface area contributed by atoms with Gasteiger partial charge in [-0.3, -0.25) is 4.79 Å². The van der Waals surface area contributed by atoms with Crippen molar-refractivity contribution in [1.82, 2.24) is 9.97 Å². The van der Waals surface area contributed by atoms with Crippen LogP contribution in [0.1, 0.15) is 16.1 Å². The molecule has 0 saturated heterocycles. The van der Waals surface area contributed by atoms with Crippen LogP contribution in [0.3, 0.4) is 0 Å². The third-order valence-electron chi connectivity index (χ3n) is 4.17. The molecule has 4 rings (SSSR count). The van der Waals surface area contributed by atoms with Gasteiger partial charge in [-0.1, -0.05) is 6.07 Å². The summed E-state index contributed by atoms with van der Waals surface area (Å²) >= 11 is 0. The molecule has 2 aromatic heterocycles. The number of carbonyl (C=O) groups is 1. The van der Waals surface area contributed by atoms with Crippen molar-refractivity contribution in [3.63, 3.8) is 0 Å². The van der Waals surface area contributed by atoms with Crippen LogP contribution in [0, 0.1) is 11.6 Å². The lowest BCUT2D eigenvalue weighted by molar-refractivity contribution is -0.137. The first kappa shape index (κ1) is 17.1. The molecule has 1 amide bonds. The SMILES string of the molecule is O=C(Nc1c[nH]c2cc(F)c(F)cc12)c1cc2ccc(C(F)(F)F)cc2[nH]1. The molecule has 9 heteroatoms. The predicted octanol–water partition coefficient (Wildman–Crippen LogP) is 5.20. The van der Waals surface area contributed by atoms with Gasteiger partial charge in [-0.15, -0.1) is 0 Å². The molecule has 2 heterocycles. The zero-order valence-corrected chi connectivity index (χ0v) is 13.3. The van der Waals surface area contributed by atoms with E-state index in [0.717, 1.165) is 24.3 Å². The maximum atomic E-state index is 13.4. The molecule has 0 aliphatic heterocycles. The number of hydrogen-bond acceptors (Lipinski definition) is 1. The van der Waals surface area contributed by atoms with Gasteiger partial charge in [0, 0.05) is 28.6 Å². The third kappa shape index (κ3) is 3.01. The quantitative estimate of drug-likeness (QED) is 0.412. The number of halogens is 5. The number of H-pyrrole nitrogens is 2. The van der Waals surface area contributed by atoms with E-state index in [1.165, 1.54) is 18.3 Å². The van der Waals surface area contributed by atoms with Gasteiger partial charge < -0.3 is 15.3 Å². The Hall–Kier alpha value is -3.36. The lowest BCUT2D eigenvalue weighted by Gasteiger charge is -2.05. The topological polar surface area (TPSA) is 60.7 Å². The minimum atomic E-state index is -4.49. The van der Waals surface area contributed by atoms with Gasteiger partial charge in [0.15, 0.2) is 11.6 Å². The van der Waals surface area contributed by atoms with E-state index in [-0.39, 0.29) is 27.8 Å². The molecule has 138 valence electrons. The van der Waals surface area contributed by atoms with Crippen molar-refractivity contribution in [2.75, 3.05) is 5.32 Å². The van der Waals surface area contributed by atoms with Crippen molar-refractivity contribution < 1.29 is 26.7 Å².